The summed E-state index contributed by atoms with van der Waals surface area (Å²) in [6, 6.07) is 0. The number of alkyl halides is 1. The molecule has 1 heterocycles. The molecule has 0 aromatic carbocycles. The lowest BCUT2D eigenvalue weighted by Crippen LogP contribution is -2.50. The zero-order chi connectivity index (χ0) is 9.64. The molecule has 0 aromatic rings. The Morgan fingerprint density at radius 1 is 1.50 bits per heavy atom. The number of primary amides is 1. The van der Waals surface area contributed by atoms with E-state index in [1.165, 1.54) is 0 Å². The fourth-order valence-electron chi connectivity index (χ4n) is 2.58. The zero-order valence-electron chi connectivity index (χ0n) is 7.58. The number of rotatable bonds is 1. The number of nitrogens with zero attached hydrogens (tertiary/aromatic N) is 1. The van der Waals surface area contributed by atoms with E-state index < -0.39 is 17.6 Å². The number of carbonyl (C=O) groups excluding carboxylic acids is 1. The van der Waals surface area contributed by atoms with Crippen LogP contribution in [0.25, 0.3) is 0 Å². The molecule has 1 amide bonds. The molecule has 1 aliphatic heterocycles. The van der Waals surface area contributed by atoms with Gasteiger partial charge in [-0.15, -0.1) is 16.9 Å². The average Bonchev–Trinajstić information content (AvgIpc) is 2.57. The first-order chi connectivity index (χ1) is 6.06. The number of fused-ring (bicyclic) bond motifs is 1. The van der Waals surface area contributed by atoms with E-state index in [0.717, 1.165) is 12.8 Å². The van der Waals surface area contributed by atoms with Gasteiger partial charge in [-0.1, -0.05) is 11.5 Å². The molecular formula is C8H13ClF2N2O. The van der Waals surface area contributed by atoms with Crippen LogP contribution >= 0.6 is 12.4 Å². The molecule has 0 bridgehead atoms. The van der Waals surface area contributed by atoms with Crippen molar-refractivity contribution < 1.29 is 13.7 Å². The van der Waals surface area contributed by atoms with Crippen LogP contribution in [0.4, 0.5) is 8.87 Å². The van der Waals surface area contributed by atoms with Gasteiger partial charge in [0.2, 0.25) is 0 Å². The van der Waals surface area contributed by atoms with Gasteiger partial charge in [-0.3, -0.25) is 4.79 Å². The van der Waals surface area contributed by atoms with E-state index in [1.54, 1.807) is 0 Å². The second-order valence-electron chi connectivity index (χ2n) is 3.88. The predicted octanol–water partition coefficient (Wildman–Crippen LogP) is 1.18. The van der Waals surface area contributed by atoms with Crippen molar-refractivity contribution in [2.24, 2.45) is 17.6 Å². The first kappa shape index (κ1) is 11.7. The van der Waals surface area contributed by atoms with E-state index in [-0.39, 0.29) is 30.0 Å². The summed E-state index contributed by atoms with van der Waals surface area (Å²) in [5, 5.41) is -0.0240. The Balaban J connectivity index is 0.000000980. The molecule has 3 atom stereocenters. The highest BCUT2D eigenvalue weighted by Crippen LogP contribution is 2.49. The van der Waals surface area contributed by atoms with Crippen molar-refractivity contribution in [3.63, 3.8) is 0 Å². The number of hydrogen-bond donors (Lipinski definition) is 1. The van der Waals surface area contributed by atoms with Gasteiger partial charge in [0.25, 0.3) is 11.7 Å². The summed E-state index contributed by atoms with van der Waals surface area (Å²) >= 11 is 0. The van der Waals surface area contributed by atoms with E-state index in [2.05, 4.69) is 0 Å². The Bertz CT molecular complexity index is 253. The van der Waals surface area contributed by atoms with Gasteiger partial charge in [0.15, 0.2) is 0 Å². The van der Waals surface area contributed by atoms with Gasteiger partial charge in [-0.25, -0.2) is 4.39 Å². The number of hydrogen-bond acceptors (Lipinski definition) is 2. The lowest BCUT2D eigenvalue weighted by molar-refractivity contribution is -0.172. The third-order valence-electron chi connectivity index (χ3n) is 3.24. The fraction of sp³-hybridized carbons (Fsp3) is 0.875. The van der Waals surface area contributed by atoms with Gasteiger partial charge >= 0.3 is 0 Å². The van der Waals surface area contributed by atoms with Crippen LogP contribution in [0, 0.1) is 11.8 Å². The van der Waals surface area contributed by atoms with Crippen LogP contribution in [0.2, 0.25) is 0 Å². The van der Waals surface area contributed by atoms with Gasteiger partial charge in [0.05, 0.1) is 0 Å². The molecule has 6 heteroatoms. The highest BCUT2D eigenvalue weighted by atomic mass is 35.5. The fourth-order valence-corrected chi connectivity index (χ4v) is 2.58. The molecule has 2 fully saturated rings. The van der Waals surface area contributed by atoms with Crippen molar-refractivity contribution in [3.05, 3.63) is 0 Å². The quantitative estimate of drug-likeness (QED) is 0.539. The highest BCUT2D eigenvalue weighted by Gasteiger charge is 2.61. The lowest BCUT2D eigenvalue weighted by Gasteiger charge is -2.25. The van der Waals surface area contributed by atoms with Crippen LogP contribution < -0.4 is 5.73 Å². The SMILES string of the molecule is Cl.NC(=O)C1(F)C2CCCC2CN1F. The van der Waals surface area contributed by atoms with Crippen molar-refractivity contribution in [1.29, 1.82) is 0 Å². The molecule has 3 nitrogen and oxygen atoms in total. The minimum atomic E-state index is -2.54. The Morgan fingerprint density at radius 3 is 2.71 bits per heavy atom. The third-order valence-corrected chi connectivity index (χ3v) is 3.24. The Morgan fingerprint density at radius 2 is 2.14 bits per heavy atom. The Labute approximate surface area is 87.0 Å². The molecule has 2 N–H and O–H groups in total. The van der Waals surface area contributed by atoms with E-state index in [4.69, 9.17) is 5.73 Å². The van der Waals surface area contributed by atoms with Crippen molar-refractivity contribution in [2.45, 2.75) is 25.1 Å². The van der Waals surface area contributed by atoms with E-state index in [1.807, 2.05) is 0 Å². The Kier molecular flexibility index (Phi) is 3.02. The minimum Gasteiger partial charge on any atom is -0.366 e. The molecule has 1 saturated heterocycles. The molecule has 2 rings (SSSR count). The normalized spacial score (nSPS) is 41.9. The van der Waals surface area contributed by atoms with Crippen molar-refractivity contribution >= 4 is 18.3 Å². The topological polar surface area (TPSA) is 46.3 Å². The molecule has 3 unspecified atom stereocenters. The second-order valence-corrected chi connectivity index (χ2v) is 3.88. The summed E-state index contributed by atoms with van der Waals surface area (Å²) in [5.41, 5.74) is 4.88. The predicted molar refractivity (Wildman–Crippen MR) is 48.9 cm³/mol. The van der Waals surface area contributed by atoms with Crippen molar-refractivity contribution in [3.8, 4) is 0 Å². The number of nitrogens with two attached hydrogens (primary N) is 1. The zero-order valence-corrected chi connectivity index (χ0v) is 8.40. The van der Waals surface area contributed by atoms with Crippen LogP contribution in [-0.4, -0.2) is 23.4 Å². The van der Waals surface area contributed by atoms with E-state index in [9.17, 15) is 13.7 Å². The molecule has 0 aromatic heterocycles. The molecule has 82 valence electrons. The maximum absolute atomic E-state index is 13.9. The summed E-state index contributed by atoms with van der Waals surface area (Å²) in [7, 11) is 0. The van der Waals surface area contributed by atoms with Gasteiger partial charge < -0.3 is 5.73 Å². The molecule has 1 aliphatic carbocycles. The Hall–Kier alpha value is -0.420. The summed E-state index contributed by atoms with van der Waals surface area (Å²) in [6.45, 7) is 0.00407. The standard InChI is InChI=1S/C8H12F2N2O.ClH/c9-8(7(11)13)6-3-1-2-5(6)4-12(8)10;/h5-6H,1-4H2,(H2,11,13);1H. The minimum absolute atomic E-state index is 0. The van der Waals surface area contributed by atoms with Crippen LogP contribution in [0.1, 0.15) is 19.3 Å². The average molecular weight is 227 g/mol. The number of carbonyl (C=O) groups is 1. The third kappa shape index (κ3) is 1.30. The van der Waals surface area contributed by atoms with Gasteiger partial charge in [0, 0.05) is 12.5 Å². The molecule has 14 heavy (non-hydrogen) atoms. The van der Waals surface area contributed by atoms with Gasteiger partial charge in [-0.2, -0.15) is 0 Å². The monoisotopic (exact) mass is 226 g/mol. The lowest BCUT2D eigenvalue weighted by atomic mass is 9.92. The molecule has 2 aliphatic rings. The van der Waals surface area contributed by atoms with Gasteiger partial charge in [-0.05, 0) is 18.8 Å². The smallest absolute Gasteiger partial charge is 0.273 e. The van der Waals surface area contributed by atoms with Crippen LogP contribution in [0.3, 0.4) is 0 Å². The number of amides is 1. The first-order valence-corrected chi connectivity index (χ1v) is 4.49. The van der Waals surface area contributed by atoms with Gasteiger partial charge in [0.1, 0.15) is 0 Å². The largest absolute Gasteiger partial charge is 0.366 e. The maximum atomic E-state index is 13.9. The van der Waals surface area contributed by atoms with Crippen LogP contribution in [-0.2, 0) is 4.79 Å². The number of halogens is 3. The summed E-state index contributed by atoms with van der Waals surface area (Å²) in [5.74, 6) is -4.30. The summed E-state index contributed by atoms with van der Waals surface area (Å²) in [6.07, 6.45) is 2.22. The van der Waals surface area contributed by atoms with Crippen molar-refractivity contribution in [2.75, 3.05) is 6.54 Å². The van der Waals surface area contributed by atoms with Crippen LogP contribution in [0.15, 0.2) is 0 Å². The molecule has 0 radical (unpaired) electrons. The first-order valence-electron chi connectivity index (χ1n) is 4.49. The molecular weight excluding hydrogens is 214 g/mol. The second kappa shape index (κ2) is 3.62. The van der Waals surface area contributed by atoms with Crippen molar-refractivity contribution in [1.82, 2.24) is 5.12 Å². The van der Waals surface area contributed by atoms with E-state index in [0.29, 0.717) is 6.42 Å². The molecule has 0 spiro atoms. The van der Waals surface area contributed by atoms with Crippen LogP contribution in [0.5, 0.6) is 0 Å². The summed E-state index contributed by atoms with van der Waals surface area (Å²) in [4.78, 5) is 10.8. The highest BCUT2D eigenvalue weighted by molar-refractivity contribution is 5.85. The molecule has 1 saturated carbocycles. The maximum Gasteiger partial charge on any atom is 0.273 e. The van der Waals surface area contributed by atoms with E-state index >= 15 is 0 Å². The summed E-state index contributed by atoms with van der Waals surface area (Å²) < 4.78 is 27.0.